The fourth-order valence-corrected chi connectivity index (χ4v) is 2.85. The van der Waals surface area contributed by atoms with E-state index in [4.69, 9.17) is 5.11 Å². The summed E-state index contributed by atoms with van der Waals surface area (Å²) in [5.74, 6) is 1.19. The molecule has 1 aliphatic rings. The van der Waals surface area contributed by atoms with Crippen LogP contribution in [0.25, 0.3) is 11.0 Å². The van der Waals surface area contributed by atoms with E-state index in [9.17, 15) is 4.79 Å². The number of rotatable bonds is 5. The number of urea groups is 1. The maximum Gasteiger partial charge on any atom is 0.317 e. The SMILES string of the molecule is O=C(NCCCc1nc2ccccc2[nH]1)N1CCC(CO)C1. The lowest BCUT2D eigenvalue weighted by atomic mass is 10.1. The first kappa shape index (κ1) is 14.8. The Bertz CT molecular complexity index is 607. The van der Waals surface area contributed by atoms with E-state index in [2.05, 4.69) is 15.3 Å². The molecule has 0 saturated carbocycles. The van der Waals surface area contributed by atoms with Gasteiger partial charge < -0.3 is 20.3 Å². The van der Waals surface area contributed by atoms with Crippen LogP contribution in [-0.4, -0.2) is 52.2 Å². The molecule has 22 heavy (non-hydrogen) atoms. The molecule has 1 atom stereocenters. The molecule has 1 aromatic carbocycles. The second kappa shape index (κ2) is 6.79. The number of H-pyrrole nitrogens is 1. The molecule has 0 radical (unpaired) electrons. The Morgan fingerprint density at radius 2 is 2.32 bits per heavy atom. The van der Waals surface area contributed by atoms with Crippen LogP contribution in [0.5, 0.6) is 0 Å². The van der Waals surface area contributed by atoms with Gasteiger partial charge in [-0.2, -0.15) is 0 Å². The number of nitrogens with one attached hydrogen (secondary N) is 2. The lowest BCUT2D eigenvalue weighted by Gasteiger charge is -2.16. The van der Waals surface area contributed by atoms with E-state index >= 15 is 0 Å². The second-order valence-electron chi connectivity index (χ2n) is 5.82. The number of benzene rings is 1. The number of aromatic amines is 1. The summed E-state index contributed by atoms with van der Waals surface area (Å²) >= 11 is 0. The van der Waals surface area contributed by atoms with Crippen molar-refractivity contribution < 1.29 is 9.90 Å². The third-order valence-corrected chi connectivity index (χ3v) is 4.14. The van der Waals surface area contributed by atoms with E-state index in [1.165, 1.54) is 0 Å². The minimum Gasteiger partial charge on any atom is -0.396 e. The van der Waals surface area contributed by atoms with E-state index in [1.54, 1.807) is 4.90 Å². The molecule has 2 heterocycles. The minimum atomic E-state index is -0.0273. The summed E-state index contributed by atoms with van der Waals surface area (Å²) < 4.78 is 0. The van der Waals surface area contributed by atoms with Gasteiger partial charge in [-0.25, -0.2) is 9.78 Å². The van der Waals surface area contributed by atoms with Gasteiger partial charge in [0.05, 0.1) is 11.0 Å². The van der Waals surface area contributed by atoms with Crippen molar-refractivity contribution in [3.63, 3.8) is 0 Å². The second-order valence-corrected chi connectivity index (χ2v) is 5.82. The predicted octanol–water partition coefficient (Wildman–Crippen LogP) is 1.52. The van der Waals surface area contributed by atoms with Crippen molar-refractivity contribution in [2.45, 2.75) is 19.3 Å². The number of carbonyl (C=O) groups is 1. The summed E-state index contributed by atoms with van der Waals surface area (Å²) in [6.07, 6.45) is 2.56. The molecule has 0 spiro atoms. The quantitative estimate of drug-likeness (QED) is 0.732. The third kappa shape index (κ3) is 3.39. The average molecular weight is 302 g/mol. The molecule has 1 aliphatic heterocycles. The number of para-hydroxylation sites is 2. The highest BCUT2D eigenvalue weighted by Gasteiger charge is 2.25. The van der Waals surface area contributed by atoms with Crippen molar-refractivity contribution in [2.24, 2.45) is 5.92 Å². The van der Waals surface area contributed by atoms with Gasteiger partial charge in [-0.3, -0.25) is 0 Å². The number of aryl methyl sites for hydroxylation is 1. The van der Waals surface area contributed by atoms with Gasteiger partial charge in [0.15, 0.2) is 0 Å². The Kier molecular flexibility index (Phi) is 4.58. The van der Waals surface area contributed by atoms with E-state index < -0.39 is 0 Å². The van der Waals surface area contributed by atoms with Gasteiger partial charge in [0.2, 0.25) is 0 Å². The molecular formula is C16H22N4O2. The van der Waals surface area contributed by atoms with Gasteiger partial charge >= 0.3 is 6.03 Å². The number of fused-ring (bicyclic) bond motifs is 1. The summed E-state index contributed by atoms with van der Waals surface area (Å²) in [5, 5.41) is 12.0. The van der Waals surface area contributed by atoms with Crippen molar-refractivity contribution in [1.82, 2.24) is 20.2 Å². The molecule has 0 aliphatic carbocycles. The molecule has 6 heteroatoms. The van der Waals surface area contributed by atoms with Crippen molar-refractivity contribution >= 4 is 17.1 Å². The normalized spacial score (nSPS) is 18.0. The molecule has 3 N–H and O–H groups in total. The summed E-state index contributed by atoms with van der Waals surface area (Å²) in [7, 11) is 0. The molecule has 2 aromatic rings. The lowest BCUT2D eigenvalue weighted by Crippen LogP contribution is -2.39. The Labute approximate surface area is 129 Å². The van der Waals surface area contributed by atoms with Gasteiger partial charge in [0.1, 0.15) is 5.82 Å². The maximum absolute atomic E-state index is 12.0. The van der Waals surface area contributed by atoms with Crippen molar-refractivity contribution in [3.05, 3.63) is 30.1 Å². The number of aliphatic hydroxyl groups excluding tert-OH is 1. The highest BCUT2D eigenvalue weighted by Crippen LogP contribution is 2.15. The Hall–Kier alpha value is -2.08. The molecular weight excluding hydrogens is 280 g/mol. The molecule has 1 saturated heterocycles. The number of hydrogen-bond donors (Lipinski definition) is 3. The summed E-state index contributed by atoms with van der Waals surface area (Å²) in [5.41, 5.74) is 2.03. The van der Waals surface area contributed by atoms with Crippen LogP contribution in [-0.2, 0) is 6.42 Å². The molecule has 1 unspecified atom stereocenters. The Morgan fingerprint density at radius 3 is 3.09 bits per heavy atom. The lowest BCUT2D eigenvalue weighted by molar-refractivity contribution is 0.198. The molecule has 118 valence electrons. The summed E-state index contributed by atoms with van der Waals surface area (Å²) in [6, 6.07) is 7.93. The highest BCUT2D eigenvalue weighted by atomic mass is 16.3. The monoisotopic (exact) mass is 302 g/mol. The van der Waals surface area contributed by atoms with Gasteiger partial charge in [-0.05, 0) is 25.0 Å². The third-order valence-electron chi connectivity index (χ3n) is 4.14. The molecule has 2 amide bonds. The van der Waals surface area contributed by atoms with Crippen molar-refractivity contribution in [1.29, 1.82) is 0 Å². The van der Waals surface area contributed by atoms with Crippen LogP contribution in [0.4, 0.5) is 4.79 Å². The van der Waals surface area contributed by atoms with Crippen LogP contribution in [0.3, 0.4) is 0 Å². The zero-order valence-corrected chi connectivity index (χ0v) is 12.6. The number of aliphatic hydroxyl groups is 1. The molecule has 1 fully saturated rings. The topological polar surface area (TPSA) is 81.2 Å². The smallest absolute Gasteiger partial charge is 0.317 e. The fraction of sp³-hybridized carbons (Fsp3) is 0.500. The molecule has 1 aromatic heterocycles. The maximum atomic E-state index is 12.0. The number of amides is 2. The van der Waals surface area contributed by atoms with Crippen LogP contribution < -0.4 is 5.32 Å². The van der Waals surface area contributed by atoms with E-state index in [1.807, 2.05) is 24.3 Å². The molecule has 3 rings (SSSR count). The summed E-state index contributed by atoms with van der Waals surface area (Å²) in [6.45, 7) is 2.19. The number of aromatic nitrogens is 2. The first-order valence-electron chi connectivity index (χ1n) is 7.83. The van der Waals surface area contributed by atoms with E-state index in [-0.39, 0.29) is 18.6 Å². The zero-order chi connectivity index (χ0) is 15.4. The number of nitrogens with zero attached hydrogens (tertiary/aromatic N) is 2. The Morgan fingerprint density at radius 1 is 1.45 bits per heavy atom. The zero-order valence-electron chi connectivity index (χ0n) is 12.6. The predicted molar refractivity (Wildman–Crippen MR) is 84.6 cm³/mol. The number of likely N-dealkylation sites (tertiary alicyclic amines) is 1. The largest absolute Gasteiger partial charge is 0.396 e. The number of imidazole rings is 1. The summed E-state index contributed by atoms with van der Waals surface area (Å²) in [4.78, 5) is 21.6. The highest BCUT2D eigenvalue weighted by molar-refractivity contribution is 5.75. The van der Waals surface area contributed by atoms with Crippen LogP contribution in [0.2, 0.25) is 0 Å². The number of carbonyl (C=O) groups excluding carboxylic acids is 1. The van der Waals surface area contributed by atoms with E-state index in [0.29, 0.717) is 13.1 Å². The van der Waals surface area contributed by atoms with Crippen LogP contribution in [0.1, 0.15) is 18.7 Å². The first-order valence-corrected chi connectivity index (χ1v) is 7.83. The molecule has 0 bridgehead atoms. The van der Waals surface area contributed by atoms with Gasteiger partial charge in [-0.15, -0.1) is 0 Å². The fourth-order valence-electron chi connectivity index (χ4n) is 2.85. The van der Waals surface area contributed by atoms with E-state index in [0.717, 1.165) is 42.7 Å². The first-order chi connectivity index (χ1) is 10.8. The molecule has 6 nitrogen and oxygen atoms in total. The van der Waals surface area contributed by atoms with Gasteiger partial charge in [-0.1, -0.05) is 12.1 Å². The minimum absolute atomic E-state index is 0.0273. The standard InChI is InChI=1S/C16H22N4O2/c21-11-12-7-9-20(10-12)16(22)17-8-3-6-15-18-13-4-1-2-5-14(13)19-15/h1-2,4-5,12,21H,3,6-11H2,(H,17,22)(H,18,19). The van der Waals surface area contributed by atoms with Crippen LogP contribution in [0.15, 0.2) is 24.3 Å². The van der Waals surface area contributed by atoms with Crippen molar-refractivity contribution in [2.75, 3.05) is 26.2 Å². The van der Waals surface area contributed by atoms with Gasteiger partial charge in [0.25, 0.3) is 0 Å². The van der Waals surface area contributed by atoms with Gasteiger partial charge in [0, 0.05) is 38.6 Å². The van der Waals surface area contributed by atoms with Crippen molar-refractivity contribution in [3.8, 4) is 0 Å². The average Bonchev–Trinajstić information content (AvgIpc) is 3.17. The van der Waals surface area contributed by atoms with Crippen LogP contribution in [0, 0.1) is 5.92 Å². The Balaban J connectivity index is 1.41. The van der Waals surface area contributed by atoms with Crippen LogP contribution >= 0.6 is 0 Å². The number of hydrogen-bond acceptors (Lipinski definition) is 3.